The Bertz CT molecular complexity index is 944. The number of benzene rings is 2. The summed E-state index contributed by atoms with van der Waals surface area (Å²) in [7, 11) is -2.14. The van der Waals surface area contributed by atoms with Crippen molar-refractivity contribution in [2.45, 2.75) is 4.90 Å². The summed E-state index contributed by atoms with van der Waals surface area (Å²) in [6, 6.07) is 10.4. The third-order valence-corrected chi connectivity index (χ3v) is 6.37. The van der Waals surface area contributed by atoms with Gasteiger partial charge in [0, 0.05) is 18.8 Å². The molecule has 2 amide bonds. The summed E-state index contributed by atoms with van der Waals surface area (Å²) in [5.74, 6) is 0.662. The molecular weight excluding hydrogens is 406 g/mol. The number of amides is 2. The van der Waals surface area contributed by atoms with Crippen LogP contribution in [-0.4, -0.2) is 52.2 Å². The summed E-state index contributed by atoms with van der Waals surface area (Å²) in [6.45, 7) is 1.27. The molecule has 2 aromatic carbocycles. The summed E-state index contributed by atoms with van der Waals surface area (Å²) < 4.78 is 37.2. The fourth-order valence-corrected chi connectivity index (χ4v) is 4.26. The Balaban J connectivity index is 1.74. The number of halogens is 1. The van der Waals surface area contributed by atoms with E-state index in [0.717, 1.165) is 0 Å². The molecule has 1 aliphatic rings. The number of urea groups is 1. The van der Waals surface area contributed by atoms with Crippen molar-refractivity contribution >= 4 is 39.0 Å². The first kappa shape index (κ1) is 20.4. The van der Waals surface area contributed by atoms with Crippen LogP contribution in [0.15, 0.2) is 47.4 Å². The number of nitrogens with zero attached hydrogens (tertiary/aromatic N) is 1. The highest BCUT2D eigenvalue weighted by Gasteiger charge is 2.27. The van der Waals surface area contributed by atoms with Gasteiger partial charge in [-0.2, -0.15) is 4.31 Å². The molecule has 8 nitrogen and oxygen atoms in total. The zero-order chi connectivity index (χ0) is 20.1. The molecule has 3 rings (SSSR count). The number of ether oxygens (including phenoxy) is 2. The van der Waals surface area contributed by atoms with Gasteiger partial charge in [-0.3, -0.25) is 0 Å². The van der Waals surface area contributed by atoms with Gasteiger partial charge in [0.1, 0.15) is 5.75 Å². The number of carbonyl (C=O) groups is 1. The van der Waals surface area contributed by atoms with Crippen LogP contribution in [0, 0.1) is 0 Å². The maximum Gasteiger partial charge on any atom is 0.323 e. The van der Waals surface area contributed by atoms with Crippen molar-refractivity contribution in [2.24, 2.45) is 0 Å². The smallest absolute Gasteiger partial charge is 0.323 e. The Kier molecular flexibility index (Phi) is 6.40. The number of hydrogen-bond donors (Lipinski definition) is 2. The van der Waals surface area contributed by atoms with Crippen molar-refractivity contribution in [3.05, 3.63) is 47.5 Å². The molecule has 1 fully saturated rings. The van der Waals surface area contributed by atoms with Crippen molar-refractivity contribution in [3.63, 3.8) is 0 Å². The van der Waals surface area contributed by atoms with E-state index in [2.05, 4.69) is 10.6 Å². The molecule has 0 spiro atoms. The van der Waals surface area contributed by atoms with Crippen LogP contribution in [0.2, 0.25) is 5.02 Å². The van der Waals surface area contributed by atoms with Gasteiger partial charge in [-0.05, 0) is 42.5 Å². The first-order valence-corrected chi connectivity index (χ1v) is 10.3. The lowest BCUT2D eigenvalue weighted by Gasteiger charge is -2.26. The molecular formula is C18H20ClN3O5S. The van der Waals surface area contributed by atoms with Crippen LogP contribution >= 0.6 is 11.6 Å². The van der Waals surface area contributed by atoms with E-state index >= 15 is 0 Å². The number of carbonyl (C=O) groups excluding carboxylic acids is 1. The normalized spacial score (nSPS) is 15.1. The molecule has 0 aliphatic carbocycles. The summed E-state index contributed by atoms with van der Waals surface area (Å²) in [5, 5.41) is 5.46. The number of methoxy groups -OCH3 is 1. The third kappa shape index (κ3) is 4.74. The number of rotatable bonds is 5. The molecule has 1 heterocycles. The molecule has 0 atom stereocenters. The SMILES string of the molecule is COc1ccc(NC(=O)Nc2cc(S(=O)(=O)N3CCOCC3)ccc2Cl)cc1. The van der Waals surface area contributed by atoms with Crippen LogP contribution in [0.5, 0.6) is 5.75 Å². The number of anilines is 2. The zero-order valence-electron chi connectivity index (χ0n) is 15.1. The Hall–Kier alpha value is -2.33. The Morgan fingerprint density at radius 1 is 1.11 bits per heavy atom. The predicted octanol–water partition coefficient (Wildman–Crippen LogP) is 3.01. The lowest BCUT2D eigenvalue weighted by atomic mass is 10.3. The van der Waals surface area contributed by atoms with Gasteiger partial charge >= 0.3 is 6.03 Å². The highest BCUT2D eigenvalue weighted by Crippen LogP contribution is 2.27. The maximum absolute atomic E-state index is 12.8. The lowest BCUT2D eigenvalue weighted by molar-refractivity contribution is 0.0730. The van der Waals surface area contributed by atoms with Crippen LogP contribution in [0.3, 0.4) is 0 Å². The van der Waals surface area contributed by atoms with E-state index < -0.39 is 16.1 Å². The van der Waals surface area contributed by atoms with E-state index in [1.54, 1.807) is 31.4 Å². The van der Waals surface area contributed by atoms with E-state index in [1.807, 2.05) is 0 Å². The van der Waals surface area contributed by atoms with Gasteiger partial charge in [-0.25, -0.2) is 13.2 Å². The molecule has 0 radical (unpaired) electrons. The standard InChI is InChI=1S/C18H20ClN3O5S/c1-26-14-4-2-13(3-5-14)20-18(23)21-17-12-15(6-7-16(17)19)28(24,25)22-8-10-27-11-9-22/h2-7,12H,8-11H2,1H3,(H2,20,21,23). The fourth-order valence-electron chi connectivity index (χ4n) is 2.66. The molecule has 0 aromatic heterocycles. The molecule has 2 aromatic rings. The number of sulfonamides is 1. The first-order valence-electron chi connectivity index (χ1n) is 8.49. The van der Waals surface area contributed by atoms with Crippen LogP contribution in [0.25, 0.3) is 0 Å². The van der Waals surface area contributed by atoms with Crippen LogP contribution in [0.4, 0.5) is 16.2 Å². The van der Waals surface area contributed by atoms with Gasteiger partial charge in [0.15, 0.2) is 0 Å². The second-order valence-electron chi connectivity index (χ2n) is 5.97. The van der Waals surface area contributed by atoms with Crippen molar-refractivity contribution in [1.82, 2.24) is 4.31 Å². The molecule has 0 saturated carbocycles. The average Bonchev–Trinajstić information content (AvgIpc) is 2.70. The zero-order valence-corrected chi connectivity index (χ0v) is 16.7. The summed E-state index contributed by atoms with van der Waals surface area (Å²) in [4.78, 5) is 12.3. The van der Waals surface area contributed by atoms with Crippen LogP contribution < -0.4 is 15.4 Å². The minimum atomic E-state index is -3.69. The van der Waals surface area contributed by atoms with Gasteiger partial charge in [0.2, 0.25) is 10.0 Å². The molecule has 10 heteroatoms. The summed E-state index contributed by atoms with van der Waals surface area (Å²) in [6.07, 6.45) is 0. The van der Waals surface area contributed by atoms with Crippen LogP contribution in [0.1, 0.15) is 0 Å². The van der Waals surface area contributed by atoms with Gasteiger partial charge in [0.05, 0.1) is 35.9 Å². The number of hydrogen-bond acceptors (Lipinski definition) is 5. The summed E-state index contributed by atoms with van der Waals surface area (Å²) in [5.41, 5.74) is 0.744. The molecule has 150 valence electrons. The van der Waals surface area contributed by atoms with Crippen molar-refractivity contribution in [2.75, 3.05) is 44.0 Å². The molecule has 1 saturated heterocycles. The largest absolute Gasteiger partial charge is 0.497 e. The van der Waals surface area contributed by atoms with Crippen molar-refractivity contribution < 1.29 is 22.7 Å². The molecule has 0 bridgehead atoms. The average molecular weight is 426 g/mol. The van der Waals surface area contributed by atoms with E-state index in [0.29, 0.717) is 24.7 Å². The van der Waals surface area contributed by atoms with E-state index in [-0.39, 0.29) is 28.7 Å². The topological polar surface area (TPSA) is 97.0 Å². The Morgan fingerprint density at radius 2 is 1.79 bits per heavy atom. The van der Waals surface area contributed by atoms with Gasteiger partial charge in [0.25, 0.3) is 0 Å². The first-order chi connectivity index (χ1) is 13.4. The van der Waals surface area contributed by atoms with Crippen molar-refractivity contribution in [1.29, 1.82) is 0 Å². The highest BCUT2D eigenvalue weighted by atomic mass is 35.5. The van der Waals surface area contributed by atoms with Gasteiger partial charge in [-0.15, -0.1) is 0 Å². The van der Waals surface area contributed by atoms with Crippen LogP contribution in [-0.2, 0) is 14.8 Å². The highest BCUT2D eigenvalue weighted by molar-refractivity contribution is 7.89. The Labute approximate surface area is 168 Å². The third-order valence-electron chi connectivity index (χ3n) is 4.14. The molecule has 2 N–H and O–H groups in total. The van der Waals surface area contributed by atoms with E-state index in [4.69, 9.17) is 21.1 Å². The predicted molar refractivity (Wildman–Crippen MR) is 107 cm³/mol. The number of morpholine rings is 1. The maximum atomic E-state index is 12.8. The monoisotopic (exact) mass is 425 g/mol. The summed E-state index contributed by atoms with van der Waals surface area (Å²) >= 11 is 6.13. The Morgan fingerprint density at radius 3 is 2.43 bits per heavy atom. The van der Waals surface area contributed by atoms with E-state index in [1.165, 1.54) is 22.5 Å². The minimum Gasteiger partial charge on any atom is -0.497 e. The second kappa shape index (κ2) is 8.78. The number of nitrogens with one attached hydrogen (secondary N) is 2. The van der Waals surface area contributed by atoms with E-state index in [9.17, 15) is 13.2 Å². The quantitative estimate of drug-likeness (QED) is 0.767. The lowest BCUT2D eigenvalue weighted by Crippen LogP contribution is -2.40. The van der Waals surface area contributed by atoms with Gasteiger partial charge < -0.3 is 20.1 Å². The molecule has 1 aliphatic heterocycles. The fraction of sp³-hybridized carbons (Fsp3) is 0.278. The van der Waals surface area contributed by atoms with Gasteiger partial charge in [-0.1, -0.05) is 11.6 Å². The van der Waals surface area contributed by atoms with Crippen molar-refractivity contribution in [3.8, 4) is 5.75 Å². The molecule has 28 heavy (non-hydrogen) atoms. The second-order valence-corrected chi connectivity index (χ2v) is 8.31. The molecule has 0 unspecified atom stereocenters. The minimum absolute atomic E-state index is 0.0542.